The first-order chi connectivity index (χ1) is 6.36. The van der Waals surface area contributed by atoms with E-state index in [0.29, 0.717) is 6.61 Å². The number of ether oxygens (including phenoxy) is 1. The molecule has 1 aromatic carbocycles. The summed E-state index contributed by atoms with van der Waals surface area (Å²) < 4.78 is 19.8. The maximum absolute atomic E-state index is 9.58. The highest BCUT2D eigenvalue weighted by Crippen LogP contribution is 2.33. The van der Waals surface area contributed by atoms with Crippen LogP contribution in [0.5, 0.6) is 0 Å². The smallest absolute Gasteiger partial charge is 0.106 e. The third-order valence-electron chi connectivity index (χ3n) is 1.76. The molecule has 3 nitrogen and oxygen atoms in total. The lowest BCUT2D eigenvalue weighted by atomic mass is 10.4. The SMILES string of the molecule is O[SH](OCC1CO1)c1ccccc1. The number of benzene rings is 1. The van der Waals surface area contributed by atoms with Crippen LogP contribution in [-0.4, -0.2) is 23.9 Å². The molecule has 2 rings (SSSR count). The van der Waals surface area contributed by atoms with E-state index in [2.05, 4.69) is 0 Å². The average Bonchev–Trinajstić information content (AvgIpc) is 2.99. The first-order valence-corrected chi connectivity index (χ1v) is 5.36. The summed E-state index contributed by atoms with van der Waals surface area (Å²) in [5, 5.41) is 0. The summed E-state index contributed by atoms with van der Waals surface area (Å²) in [5.74, 6) is 0. The van der Waals surface area contributed by atoms with Crippen LogP contribution in [0.25, 0.3) is 0 Å². The van der Waals surface area contributed by atoms with E-state index in [9.17, 15) is 4.55 Å². The molecule has 0 aliphatic carbocycles. The largest absolute Gasteiger partial charge is 0.371 e. The normalized spacial score (nSPS) is 24.1. The van der Waals surface area contributed by atoms with Gasteiger partial charge in [-0.15, -0.1) is 0 Å². The Morgan fingerprint density at radius 1 is 1.46 bits per heavy atom. The summed E-state index contributed by atoms with van der Waals surface area (Å²) in [5.41, 5.74) is 0. The Morgan fingerprint density at radius 3 is 2.77 bits per heavy atom. The molecule has 0 bridgehead atoms. The van der Waals surface area contributed by atoms with Crippen molar-refractivity contribution in [1.29, 1.82) is 0 Å². The highest BCUT2D eigenvalue weighted by atomic mass is 32.2. The molecular formula is C9H12O3S. The molecule has 2 atom stereocenters. The molecule has 1 saturated heterocycles. The summed E-state index contributed by atoms with van der Waals surface area (Å²) in [6, 6.07) is 9.41. The summed E-state index contributed by atoms with van der Waals surface area (Å²) in [6.45, 7) is 1.26. The Balaban J connectivity index is 1.85. The molecule has 13 heavy (non-hydrogen) atoms. The molecule has 1 N–H and O–H groups in total. The molecule has 1 aromatic rings. The first kappa shape index (κ1) is 9.02. The van der Waals surface area contributed by atoms with Crippen LogP contribution in [0.2, 0.25) is 0 Å². The van der Waals surface area contributed by atoms with E-state index in [-0.39, 0.29) is 6.10 Å². The zero-order valence-corrected chi connectivity index (χ0v) is 7.98. The lowest BCUT2D eigenvalue weighted by Gasteiger charge is -2.18. The molecule has 0 spiro atoms. The summed E-state index contributed by atoms with van der Waals surface area (Å²) in [6.07, 6.45) is 0.209. The van der Waals surface area contributed by atoms with Gasteiger partial charge < -0.3 is 4.74 Å². The van der Waals surface area contributed by atoms with Gasteiger partial charge in [0.25, 0.3) is 0 Å². The maximum Gasteiger partial charge on any atom is 0.106 e. The number of thiol groups is 1. The third kappa shape index (κ3) is 2.70. The van der Waals surface area contributed by atoms with Gasteiger partial charge in [0, 0.05) is 0 Å². The minimum absolute atomic E-state index is 0.209. The van der Waals surface area contributed by atoms with E-state index < -0.39 is 11.5 Å². The molecule has 2 unspecified atom stereocenters. The van der Waals surface area contributed by atoms with Crippen molar-refractivity contribution < 1.29 is 13.5 Å². The number of epoxide rings is 1. The molecule has 72 valence electrons. The molecule has 1 fully saturated rings. The molecule has 1 aliphatic heterocycles. The second-order valence-corrected chi connectivity index (χ2v) is 4.18. The molecule has 0 radical (unpaired) electrons. The van der Waals surface area contributed by atoms with Gasteiger partial charge in [-0.05, 0) is 12.1 Å². The molecule has 4 heteroatoms. The Morgan fingerprint density at radius 2 is 2.15 bits per heavy atom. The van der Waals surface area contributed by atoms with E-state index in [1.165, 1.54) is 0 Å². The van der Waals surface area contributed by atoms with Crippen molar-refractivity contribution in [2.24, 2.45) is 0 Å². The van der Waals surface area contributed by atoms with Gasteiger partial charge in [0.1, 0.15) is 6.10 Å². The van der Waals surface area contributed by atoms with Crippen molar-refractivity contribution in [1.82, 2.24) is 0 Å². The minimum atomic E-state index is -1.45. The van der Waals surface area contributed by atoms with Crippen LogP contribution in [0.4, 0.5) is 0 Å². The van der Waals surface area contributed by atoms with Crippen molar-refractivity contribution in [2.75, 3.05) is 13.2 Å². The first-order valence-electron chi connectivity index (χ1n) is 4.15. The minimum Gasteiger partial charge on any atom is -0.371 e. The van der Waals surface area contributed by atoms with Gasteiger partial charge in [-0.2, -0.15) is 11.5 Å². The van der Waals surface area contributed by atoms with E-state index in [4.69, 9.17) is 8.92 Å². The van der Waals surface area contributed by atoms with Crippen LogP contribution < -0.4 is 0 Å². The predicted octanol–water partition coefficient (Wildman–Crippen LogP) is 1.85. The quantitative estimate of drug-likeness (QED) is 0.575. The fraction of sp³-hybridized carbons (Fsp3) is 0.333. The second-order valence-electron chi connectivity index (χ2n) is 2.86. The lowest BCUT2D eigenvalue weighted by molar-refractivity contribution is 0.273. The van der Waals surface area contributed by atoms with E-state index in [0.717, 1.165) is 11.5 Å². The van der Waals surface area contributed by atoms with Gasteiger partial charge in [0.2, 0.25) is 0 Å². The molecule has 1 aliphatic rings. The van der Waals surface area contributed by atoms with Crippen molar-refractivity contribution >= 4 is 11.5 Å². The summed E-state index contributed by atoms with van der Waals surface area (Å²) >= 11 is -1.45. The Labute approximate surface area is 80.1 Å². The summed E-state index contributed by atoms with van der Waals surface area (Å²) in [4.78, 5) is 0.846. The highest BCUT2D eigenvalue weighted by Gasteiger charge is 2.23. The van der Waals surface area contributed by atoms with E-state index in [1.54, 1.807) is 0 Å². The van der Waals surface area contributed by atoms with Crippen LogP contribution in [0.1, 0.15) is 0 Å². The second kappa shape index (κ2) is 4.11. The average molecular weight is 200 g/mol. The zero-order chi connectivity index (χ0) is 9.10. The molecule has 0 saturated carbocycles. The van der Waals surface area contributed by atoms with Gasteiger partial charge >= 0.3 is 0 Å². The van der Waals surface area contributed by atoms with Gasteiger partial charge in [-0.25, -0.2) is 0 Å². The van der Waals surface area contributed by atoms with Crippen LogP contribution >= 0.6 is 11.5 Å². The molecule has 0 aromatic heterocycles. The lowest BCUT2D eigenvalue weighted by Crippen LogP contribution is -1.99. The monoisotopic (exact) mass is 200 g/mol. The van der Waals surface area contributed by atoms with Crippen molar-refractivity contribution in [2.45, 2.75) is 11.0 Å². The molecule has 0 amide bonds. The van der Waals surface area contributed by atoms with E-state index >= 15 is 0 Å². The van der Waals surface area contributed by atoms with E-state index in [1.807, 2.05) is 30.3 Å². The predicted molar refractivity (Wildman–Crippen MR) is 52.0 cm³/mol. The Hall–Kier alpha value is -0.550. The Bertz CT molecular complexity index is 261. The van der Waals surface area contributed by atoms with Gasteiger partial charge in [0.05, 0.1) is 18.1 Å². The topological polar surface area (TPSA) is 42.0 Å². The van der Waals surface area contributed by atoms with Crippen LogP contribution in [-0.2, 0) is 8.92 Å². The maximum atomic E-state index is 9.58. The van der Waals surface area contributed by atoms with Gasteiger partial charge in [0.15, 0.2) is 0 Å². The third-order valence-corrected chi connectivity index (χ3v) is 2.90. The number of hydrogen-bond donors (Lipinski definition) is 2. The standard InChI is InChI=1S/C9H12O3S/c10-13(12-7-8-6-11-8)9-4-2-1-3-5-9/h1-5,8,10,13H,6-7H2. The van der Waals surface area contributed by atoms with Crippen molar-refractivity contribution in [3.8, 4) is 0 Å². The molecule has 1 heterocycles. The molecular weight excluding hydrogens is 188 g/mol. The number of hydrogen-bond acceptors (Lipinski definition) is 3. The van der Waals surface area contributed by atoms with Gasteiger partial charge in [-0.3, -0.25) is 8.74 Å². The fourth-order valence-electron chi connectivity index (χ4n) is 0.948. The Kier molecular flexibility index (Phi) is 2.85. The van der Waals surface area contributed by atoms with Crippen molar-refractivity contribution in [3.05, 3.63) is 30.3 Å². The van der Waals surface area contributed by atoms with Crippen LogP contribution in [0, 0.1) is 0 Å². The number of rotatable bonds is 4. The zero-order valence-electron chi connectivity index (χ0n) is 7.09. The van der Waals surface area contributed by atoms with Crippen molar-refractivity contribution in [3.63, 3.8) is 0 Å². The highest BCUT2D eigenvalue weighted by molar-refractivity contribution is 8.07. The fourth-order valence-corrected chi connectivity index (χ4v) is 1.83. The summed E-state index contributed by atoms with van der Waals surface area (Å²) in [7, 11) is 0. The van der Waals surface area contributed by atoms with Crippen LogP contribution in [0.3, 0.4) is 0 Å². The van der Waals surface area contributed by atoms with Crippen LogP contribution in [0.15, 0.2) is 35.2 Å². The van der Waals surface area contributed by atoms with Gasteiger partial charge in [-0.1, -0.05) is 18.2 Å².